The Hall–Kier alpha value is -5.70. The van der Waals surface area contributed by atoms with Crippen molar-refractivity contribution in [2.75, 3.05) is 7.11 Å². The number of hydrogen-bond donors (Lipinski definition) is 2. The number of carbonyl (C=O) groups is 4. The molecule has 0 aliphatic carbocycles. The molecule has 0 fully saturated rings. The average Bonchev–Trinajstić information content (AvgIpc) is 3.09. The summed E-state index contributed by atoms with van der Waals surface area (Å²) < 4.78 is 16.6. The van der Waals surface area contributed by atoms with Crippen molar-refractivity contribution in [1.29, 1.82) is 0 Å². The number of benzene rings is 4. The number of nitrogens with one attached hydrogen (secondary N) is 2. The minimum atomic E-state index is -1.94. The number of alkyl carbamates (subject to hydrolysis) is 1. The molecule has 4 rings (SSSR count). The lowest BCUT2D eigenvalue weighted by Gasteiger charge is -2.34. The zero-order valence-corrected chi connectivity index (χ0v) is 28.2. The molecule has 0 bridgehead atoms. The quantitative estimate of drug-likeness (QED) is 0.0991. The molecule has 4 aromatic rings. The summed E-state index contributed by atoms with van der Waals surface area (Å²) in [5.41, 5.74) is 0.0651. The highest BCUT2D eigenvalue weighted by atomic mass is 16.6. The third-order valence-corrected chi connectivity index (χ3v) is 7.48. The summed E-state index contributed by atoms with van der Waals surface area (Å²) in [5, 5.41) is 5.57. The van der Waals surface area contributed by atoms with Crippen LogP contribution in [0.3, 0.4) is 0 Å². The molecule has 2 N–H and O–H groups in total. The molecule has 9 heteroatoms. The fraction of sp³-hybridized carbons (Fsp3) is 0.250. The van der Waals surface area contributed by atoms with Gasteiger partial charge in [0.05, 0.1) is 7.11 Å². The van der Waals surface area contributed by atoms with Crippen molar-refractivity contribution < 1.29 is 33.4 Å². The van der Waals surface area contributed by atoms with Gasteiger partial charge in [-0.3, -0.25) is 4.79 Å². The third-order valence-electron chi connectivity index (χ3n) is 7.48. The van der Waals surface area contributed by atoms with Crippen LogP contribution in [0, 0.1) is 0 Å². The third kappa shape index (κ3) is 10.7. The Labute approximate surface area is 287 Å². The Morgan fingerprint density at radius 1 is 0.714 bits per heavy atom. The van der Waals surface area contributed by atoms with Crippen molar-refractivity contribution in [2.45, 2.75) is 57.4 Å². The summed E-state index contributed by atoms with van der Waals surface area (Å²) in [5.74, 6) is -2.14. The van der Waals surface area contributed by atoms with Gasteiger partial charge in [-0.2, -0.15) is 0 Å². The molecule has 0 radical (unpaired) electrons. The SMILES string of the molecule is COC(=O)[C@](Cc1ccccc1)(NC(=O)OCc1ccccc1)/C(=C/C(=O)N[C@@H](Cc1ccccc1)C(=O)OC(C)(C)C)c1ccccc1. The maximum atomic E-state index is 14.0. The molecule has 0 aliphatic rings. The van der Waals surface area contributed by atoms with Crippen molar-refractivity contribution in [3.63, 3.8) is 0 Å². The van der Waals surface area contributed by atoms with Crippen LogP contribution in [-0.4, -0.2) is 48.2 Å². The van der Waals surface area contributed by atoms with E-state index >= 15 is 0 Å². The molecule has 0 unspecified atom stereocenters. The van der Waals surface area contributed by atoms with Crippen LogP contribution in [0.4, 0.5) is 4.79 Å². The molecular formula is C40H42N2O7. The van der Waals surface area contributed by atoms with Gasteiger partial charge in [0.1, 0.15) is 18.2 Å². The Morgan fingerprint density at radius 2 is 1.22 bits per heavy atom. The van der Waals surface area contributed by atoms with Gasteiger partial charge in [0.15, 0.2) is 5.54 Å². The minimum Gasteiger partial charge on any atom is -0.467 e. The first-order valence-corrected chi connectivity index (χ1v) is 15.9. The number of rotatable bonds is 13. The molecule has 0 aliphatic heterocycles. The maximum Gasteiger partial charge on any atom is 0.408 e. The average molecular weight is 663 g/mol. The topological polar surface area (TPSA) is 120 Å². The van der Waals surface area contributed by atoms with Crippen LogP contribution in [0.25, 0.3) is 5.57 Å². The number of hydrogen-bond acceptors (Lipinski definition) is 7. The van der Waals surface area contributed by atoms with Gasteiger partial charge in [0.2, 0.25) is 5.91 Å². The van der Waals surface area contributed by atoms with Crippen LogP contribution in [0.2, 0.25) is 0 Å². The molecule has 2 amide bonds. The van der Waals surface area contributed by atoms with Gasteiger partial charge in [0.25, 0.3) is 0 Å². The lowest BCUT2D eigenvalue weighted by atomic mass is 9.79. The minimum absolute atomic E-state index is 0.0583. The Kier molecular flexibility index (Phi) is 12.5. The Morgan fingerprint density at radius 3 is 1.76 bits per heavy atom. The second-order valence-corrected chi connectivity index (χ2v) is 12.5. The van der Waals surface area contributed by atoms with E-state index in [0.29, 0.717) is 11.1 Å². The molecule has 0 saturated carbocycles. The Balaban J connectivity index is 1.80. The van der Waals surface area contributed by atoms with E-state index in [4.69, 9.17) is 14.2 Å². The van der Waals surface area contributed by atoms with Crippen LogP contribution in [-0.2, 0) is 48.0 Å². The summed E-state index contributed by atoms with van der Waals surface area (Å²) in [6, 6.07) is 35.0. The van der Waals surface area contributed by atoms with E-state index < -0.39 is 41.1 Å². The van der Waals surface area contributed by atoms with Crippen LogP contribution in [0.1, 0.15) is 43.0 Å². The lowest BCUT2D eigenvalue weighted by molar-refractivity contribution is -0.158. The molecule has 0 spiro atoms. The maximum absolute atomic E-state index is 14.0. The predicted octanol–water partition coefficient (Wildman–Crippen LogP) is 6.22. The molecule has 4 aromatic carbocycles. The normalized spacial score (nSPS) is 13.3. The fourth-order valence-corrected chi connectivity index (χ4v) is 5.28. The van der Waals surface area contributed by atoms with E-state index in [1.165, 1.54) is 13.2 Å². The summed E-state index contributed by atoms with van der Waals surface area (Å²) >= 11 is 0. The second kappa shape index (κ2) is 16.9. The highest BCUT2D eigenvalue weighted by Crippen LogP contribution is 2.33. The van der Waals surface area contributed by atoms with Crippen molar-refractivity contribution in [3.8, 4) is 0 Å². The van der Waals surface area contributed by atoms with Gasteiger partial charge < -0.3 is 24.8 Å². The van der Waals surface area contributed by atoms with Gasteiger partial charge in [-0.25, -0.2) is 14.4 Å². The van der Waals surface area contributed by atoms with Crippen LogP contribution < -0.4 is 10.6 Å². The van der Waals surface area contributed by atoms with Crippen molar-refractivity contribution in [2.24, 2.45) is 0 Å². The number of amides is 2. The van der Waals surface area contributed by atoms with E-state index in [0.717, 1.165) is 11.1 Å². The molecule has 0 saturated heterocycles. The predicted molar refractivity (Wildman–Crippen MR) is 187 cm³/mol. The lowest BCUT2D eigenvalue weighted by Crippen LogP contribution is -2.58. The molecular weight excluding hydrogens is 620 g/mol. The van der Waals surface area contributed by atoms with E-state index in [1.54, 1.807) is 87.5 Å². The molecule has 0 heterocycles. The largest absolute Gasteiger partial charge is 0.467 e. The first-order valence-electron chi connectivity index (χ1n) is 15.9. The van der Waals surface area contributed by atoms with Crippen LogP contribution in [0.15, 0.2) is 127 Å². The zero-order valence-electron chi connectivity index (χ0n) is 28.2. The van der Waals surface area contributed by atoms with Crippen LogP contribution >= 0.6 is 0 Å². The van der Waals surface area contributed by atoms with Gasteiger partial charge in [-0.05, 0) is 43.0 Å². The van der Waals surface area contributed by atoms with Crippen molar-refractivity contribution in [1.82, 2.24) is 10.6 Å². The summed E-state index contributed by atoms with van der Waals surface area (Å²) in [4.78, 5) is 55.0. The van der Waals surface area contributed by atoms with Crippen molar-refractivity contribution >= 4 is 29.5 Å². The van der Waals surface area contributed by atoms with Crippen LogP contribution in [0.5, 0.6) is 0 Å². The van der Waals surface area contributed by atoms with E-state index in [-0.39, 0.29) is 25.0 Å². The van der Waals surface area contributed by atoms with E-state index in [2.05, 4.69) is 10.6 Å². The second-order valence-electron chi connectivity index (χ2n) is 12.5. The van der Waals surface area contributed by atoms with Gasteiger partial charge in [-0.1, -0.05) is 121 Å². The van der Waals surface area contributed by atoms with Gasteiger partial charge in [0, 0.05) is 24.5 Å². The first-order chi connectivity index (χ1) is 23.5. The van der Waals surface area contributed by atoms with E-state index in [9.17, 15) is 19.2 Å². The molecule has 49 heavy (non-hydrogen) atoms. The summed E-state index contributed by atoms with van der Waals surface area (Å²) in [7, 11) is 1.21. The summed E-state index contributed by atoms with van der Waals surface area (Å²) in [6.45, 7) is 5.18. The van der Waals surface area contributed by atoms with E-state index in [1.807, 2.05) is 54.6 Å². The zero-order chi connectivity index (χ0) is 35.3. The standard InChI is InChI=1S/C40H42N2O7/c1-39(2,3)49-36(44)34(25-29-17-9-5-10-18-29)41-35(43)26-33(32-23-15-8-16-24-32)40(37(45)47-4,27-30-19-11-6-12-20-30)42-38(46)48-28-31-21-13-7-14-22-31/h5-24,26,34H,25,27-28H2,1-4H3,(H,41,43)(H,42,46)/b33-26+/t34-,40+/m0/s1. The van der Waals surface area contributed by atoms with Gasteiger partial charge in [-0.15, -0.1) is 0 Å². The highest BCUT2D eigenvalue weighted by molar-refractivity contribution is 6.07. The number of esters is 2. The number of methoxy groups -OCH3 is 1. The Bertz CT molecular complexity index is 1720. The number of carbonyl (C=O) groups excluding carboxylic acids is 4. The molecule has 254 valence electrons. The van der Waals surface area contributed by atoms with Gasteiger partial charge >= 0.3 is 18.0 Å². The van der Waals surface area contributed by atoms with Crippen molar-refractivity contribution in [3.05, 3.63) is 150 Å². The monoisotopic (exact) mass is 662 g/mol. The fourth-order valence-electron chi connectivity index (χ4n) is 5.28. The number of ether oxygens (including phenoxy) is 3. The highest BCUT2D eigenvalue weighted by Gasteiger charge is 2.46. The summed E-state index contributed by atoms with van der Waals surface area (Å²) in [6.07, 6.45) is 0.388. The molecule has 2 atom stereocenters. The molecule has 9 nitrogen and oxygen atoms in total. The first kappa shape index (κ1) is 36.1. The molecule has 0 aromatic heterocycles. The smallest absolute Gasteiger partial charge is 0.408 e.